The molecule has 2 aliphatic rings. The Morgan fingerprint density at radius 3 is 2.64 bits per heavy atom. The molecule has 154 valence electrons. The topological polar surface area (TPSA) is 105 Å². The van der Waals surface area contributed by atoms with E-state index in [1.807, 2.05) is 13.0 Å². The van der Waals surface area contributed by atoms with E-state index in [2.05, 4.69) is 10.6 Å². The average molecular weight is 449 g/mol. The lowest BCUT2D eigenvalue weighted by Crippen LogP contribution is -2.38. The fraction of sp³-hybridized carbons (Fsp3) is 0.500. The molecule has 3 atom stereocenters. The maximum atomic E-state index is 13.1. The molecule has 1 aliphatic heterocycles. The minimum atomic E-state index is -4.01. The summed E-state index contributed by atoms with van der Waals surface area (Å²) in [6.45, 7) is 3.85. The highest BCUT2D eigenvalue weighted by atomic mass is 35.5. The second-order valence-electron chi connectivity index (χ2n) is 7.44. The van der Waals surface area contributed by atoms with Crippen molar-refractivity contribution in [3.05, 3.63) is 28.3 Å². The number of phenols is 1. The molecule has 10 heteroatoms. The van der Waals surface area contributed by atoms with Crippen molar-refractivity contribution in [3.63, 3.8) is 0 Å². The van der Waals surface area contributed by atoms with Crippen molar-refractivity contribution >= 4 is 44.8 Å². The summed E-state index contributed by atoms with van der Waals surface area (Å²) in [5.74, 6) is -0.356. The second kappa shape index (κ2) is 7.74. The number of phenolic OH excluding ortho intramolecular Hbond substituents is 1. The Morgan fingerprint density at radius 2 is 2.07 bits per heavy atom. The number of carbonyl (C=O) groups excluding carboxylic acids is 1. The predicted molar refractivity (Wildman–Crippen MR) is 108 cm³/mol. The fourth-order valence-electron chi connectivity index (χ4n) is 3.39. The quantitative estimate of drug-likeness (QED) is 0.609. The number of hydrogen-bond donors (Lipinski definition) is 3. The van der Waals surface area contributed by atoms with Gasteiger partial charge in [-0.15, -0.1) is 0 Å². The maximum absolute atomic E-state index is 13.1. The van der Waals surface area contributed by atoms with Crippen LogP contribution in [0.15, 0.2) is 28.1 Å². The van der Waals surface area contributed by atoms with E-state index in [-0.39, 0.29) is 35.7 Å². The molecule has 1 aromatic rings. The highest BCUT2D eigenvalue weighted by Gasteiger charge is 2.46. The Labute approximate surface area is 174 Å². The van der Waals surface area contributed by atoms with Gasteiger partial charge < -0.3 is 20.5 Å². The highest BCUT2D eigenvalue weighted by Crippen LogP contribution is 2.43. The van der Waals surface area contributed by atoms with E-state index >= 15 is 0 Å². The molecule has 0 bridgehead atoms. The van der Waals surface area contributed by atoms with Gasteiger partial charge in [0.25, 0.3) is 0 Å². The molecular formula is C18H22Cl2N2O5S. The van der Waals surface area contributed by atoms with Crippen LogP contribution in [-0.2, 0) is 14.6 Å². The van der Waals surface area contributed by atoms with Gasteiger partial charge in [-0.2, -0.15) is 0 Å². The molecule has 0 radical (unpaired) electrons. The molecule has 0 saturated carbocycles. The number of aromatic hydroxyl groups is 1. The van der Waals surface area contributed by atoms with Crippen molar-refractivity contribution in [1.29, 1.82) is 0 Å². The van der Waals surface area contributed by atoms with Gasteiger partial charge in [-0.3, -0.25) is 0 Å². The largest absolute Gasteiger partial charge is 0.504 e. The minimum absolute atomic E-state index is 0.00788. The molecule has 7 nitrogen and oxygen atoms in total. The van der Waals surface area contributed by atoms with E-state index in [4.69, 9.17) is 27.9 Å². The number of urea groups is 1. The van der Waals surface area contributed by atoms with Gasteiger partial charge in [0.15, 0.2) is 15.6 Å². The molecule has 1 aliphatic carbocycles. The van der Waals surface area contributed by atoms with E-state index in [0.717, 1.165) is 0 Å². The number of anilines is 1. The zero-order valence-electron chi connectivity index (χ0n) is 15.5. The van der Waals surface area contributed by atoms with Gasteiger partial charge >= 0.3 is 6.03 Å². The summed E-state index contributed by atoms with van der Waals surface area (Å²) in [5.41, 5.74) is -0.0610. The van der Waals surface area contributed by atoms with Crippen LogP contribution in [0.2, 0.25) is 5.02 Å². The molecule has 1 unspecified atom stereocenters. The summed E-state index contributed by atoms with van der Waals surface area (Å²) in [7, 11) is -4.01. The maximum Gasteiger partial charge on any atom is 0.319 e. The number of amides is 2. The number of carbonyl (C=O) groups is 1. The molecule has 0 spiro atoms. The molecule has 28 heavy (non-hydrogen) atoms. The molecule has 1 heterocycles. The minimum Gasteiger partial charge on any atom is -0.504 e. The normalized spacial score (nSPS) is 27.5. The standard InChI is InChI=1S/C18H22Cl2N2O5S/c1-10-7-12(20)14(8-10)22-17(24)21-13-4-3-11(19)16(15(13)23)28(25,26)18(2)5-6-27-9-18/h3-4,7,10,14,23H,5-6,8-9H2,1-2H3,(H2,21,22,24)/t10?,14-,18+/m1/s1. The Hall–Kier alpha value is -1.48. The number of sulfone groups is 1. The van der Waals surface area contributed by atoms with Crippen LogP contribution in [0.1, 0.15) is 26.7 Å². The van der Waals surface area contributed by atoms with Crippen LogP contribution in [0.3, 0.4) is 0 Å². The van der Waals surface area contributed by atoms with Crippen LogP contribution in [0.5, 0.6) is 5.75 Å². The van der Waals surface area contributed by atoms with Gasteiger partial charge in [0.2, 0.25) is 0 Å². The van der Waals surface area contributed by atoms with Crippen molar-refractivity contribution in [2.24, 2.45) is 5.92 Å². The Bertz CT molecular complexity index is 926. The Kier molecular flexibility index (Phi) is 5.87. The van der Waals surface area contributed by atoms with E-state index in [1.165, 1.54) is 12.1 Å². The molecule has 2 amide bonds. The number of allylic oxidation sites excluding steroid dienone is 1. The van der Waals surface area contributed by atoms with Gasteiger partial charge in [-0.1, -0.05) is 36.2 Å². The van der Waals surface area contributed by atoms with Gasteiger partial charge in [0.1, 0.15) is 4.90 Å². The molecule has 3 N–H and O–H groups in total. The third kappa shape index (κ3) is 3.83. The summed E-state index contributed by atoms with van der Waals surface area (Å²) in [4.78, 5) is 11.9. The van der Waals surface area contributed by atoms with Crippen LogP contribution >= 0.6 is 23.2 Å². The van der Waals surface area contributed by atoms with Gasteiger partial charge in [0, 0.05) is 11.6 Å². The molecule has 1 fully saturated rings. The third-order valence-electron chi connectivity index (χ3n) is 5.12. The van der Waals surface area contributed by atoms with E-state index in [1.54, 1.807) is 6.92 Å². The molecule has 1 aromatic carbocycles. The summed E-state index contributed by atoms with van der Waals surface area (Å²) in [6.07, 6.45) is 2.81. The SMILES string of the molecule is CC1C=C(Cl)[C@H](NC(=O)Nc2ccc(Cl)c(S(=O)(=O)[C@@]3(C)CCOC3)c2O)C1. The fourth-order valence-corrected chi connectivity index (χ4v) is 5.98. The van der Waals surface area contributed by atoms with Crippen molar-refractivity contribution in [3.8, 4) is 5.75 Å². The van der Waals surface area contributed by atoms with Crippen LogP contribution in [-0.4, -0.2) is 43.6 Å². The lowest BCUT2D eigenvalue weighted by atomic mass is 10.1. The van der Waals surface area contributed by atoms with Crippen LogP contribution in [0, 0.1) is 5.92 Å². The van der Waals surface area contributed by atoms with Crippen molar-refractivity contribution in [2.75, 3.05) is 18.5 Å². The van der Waals surface area contributed by atoms with E-state index < -0.39 is 31.3 Å². The summed E-state index contributed by atoms with van der Waals surface area (Å²) in [5, 5.41) is 16.2. The van der Waals surface area contributed by atoms with Crippen molar-refractivity contribution in [2.45, 2.75) is 42.4 Å². The molecule has 3 rings (SSSR count). The second-order valence-corrected chi connectivity index (χ2v) is 10.7. The van der Waals surface area contributed by atoms with Gasteiger partial charge in [-0.05, 0) is 37.8 Å². The Balaban J connectivity index is 1.85. The van der Waals surface area contributed by atoms with Crippen LogP contribution in [0.25, 0.3) is 0 Å². The van der Waals surface area contributed by atoms with Gasteiger partial charge in [-0.25, -0.2) is 13.2 Å². The monoisotopic (exact) mass is 448 g/mol. The van der Waals surface area contributed by atoms with Crippen LogP contribution < -0.4 is 10.6 Å². The first-order chi connectivity index (χ1) is 13.0. The first kappa shape index (κ1) is 21.2. The summed E-state index contributed by atoms with van der Waals surface area (Å²) in [6, 6.07) is 1.73. The number of hydrogen-bond acceptors (Lipinski definition) is 5. The number of benzene rings is 1. The summed E-state index contributed by atoms with van der Waals surface area (Å²) >= 11 is 12.2. The van der Waals surface area contributed by atoms with Crippen LogP contribution in [0.4, 0.5) is 10.5 Å². The van der Waals surface area contributed by atoms with Gasteiger partial charge in [0.05, 0.1) is 28.1 Å². The predicted octanol–water partition coefficient (Wildman–Crippen LogP) is 3.65. The van der Waals surface area contributed by atoms with E-state index in [9.17, 15) is 18.3 Å². The number of rotatable bonds is 4. The first-order valence-electron chi connectivity index (χ1n) is 8.84. The Morgan fingerprint density at radius 1 is 1.36 bits per heavy atom. The number of nitrogens with one attached hydrogen (secondary N) is 2. The summed E-state index contributed by atoms with van der Waals surface area (Å²) < 4.78 is 30.3. The molecular weight excluding hydrogens is 427 g/mol. The molecule has 0 aromatic heterocycles. The van der Waals surface area contributed by atoms with Crippen molar-refractivity contribution in [1.82, 2.24) is 5.32 Å². The average Bonchev–Trinajstić information content (AvgIpc) is 3.17. The van der Waals surface area contributed by atoms with E-state index in [0.29, 0.717) is 18.1 Å². The number of ether oxygens (including phenoxy) is 1. The smallest absolute Gasteiger partial charge is 0.319 e. The zero-order valence-corrected chi connectivity index (χ0v) is 17.8. The third-order valence-corrected chi connectivity index (χ3v) is 8.51. The lowest BCUT2D eigenvalue weighted by molar-refractivity contribution is 0.191. The lowest BCUT2D eigenvalue weighted by Gasteiger charge is -2.24. The highest BCUT2D eigenvalue weighted by molar-refractivity contribution is 7.93. The zero-order chi connectivity index (χ0) is 20.7. The van der Waals surface area contributed by atoms with Crippen molar-refractivity contribution < 1.29 is 23.1 Å². The molecule has 1 saturated heterocycles. The number of halogens is 2. The first-order valence-corrected chi connectivity index (χ1v) is 11.1.